The van der Waals surface area contributed by atoms with E-state index in [9.17, 15) is 9.90 Å². The van der Waals surface area contributed by atoms with Crippen molar-refractivity contribution < 1.29 is 9.90 Å². The van der Waals surface area contributed by atoms with Crippen molar-refractivity contribution in [3.63, 3.8) is 0 Å². The zero-order valence-electron chi connectivity index (χ0n) is 16.1. The van der Waals surface area contributed by atoms with Crippen molar-refractivity contribution in [1.29, 1.82) is 0 Å². The highest BCUT2D eigenvalue weighted by atomic mass is 35.5. The summed E-state index contributed by atoms with van der Waals surface area (Å²) in [6.45, 7) is 0.851. The van der Waals surface area contributed by atoms with Gasteiger partial charge in [0.2, 0.25) is 5.91 Å². The fourth-order valence-corrected chi connectivity index (χ4v) is 4.85. The highest BCUT2D eigenvalue weighted by molar-refractivity contribution is 6.31. The molecule has 1 aliphatic carbocycles. The highest BCUT2D eigenvalue weighted by Crippen LogP contribution is 2.32. The first kappa shape index (κ1) is 19.4. The summed E-state index contributed by atoms with van der Waals surface area (Å²) in [5.74, 6) is 0.266. The van der Waals surface area contributed by atoms with E-state index in [4.69, 9.17) is 11.6 Å². The van der Waals surface area contributed by atoms with Gasteiger partial charge in [-0.2, -0.15) is 0 Å². The summed E-state index contributed by atoms with van der Waals surface area (Å²) in [6.07, 6.45) is 9.50. The van der Waals surface area contributed by atoms with Crippen LogP contribution < -0.4 is 0 Å². The van der Waals surface area contributed by atoms with Gasteiger partial charge in [0.25, 0.3) is 0 Å². The molecule has 1 N–H and O–H groups in total. The van der Waals surface area contributed by atoms with E-state index in [1.807, 2.05) is 30.5 Å². The number of piperidine rings is 1. The topological polar surface area (TPSA) is 53.4 Å². The van der Waals surface area contributed by atoms with Crippen LogP contribution in [0.2, 0.25) is 5.02 Å². The molecular formula is C23H27ClN2O2. The zero-order chi connectivity index (χ0) is 19.5. The first-order chi connectivity index (χ1) is 13.6. The van der Waals surface area contributed by atoms with Gasteiger partial charge in [-0.1, -0.05) is 29.8 Å². The maximum Gasteiger partial charge on any atom is 0.226 e. The van der Waals surface area contributed by atoms with Crippen LogP contribution in [0.5, 0.6) is 0 Å². The number of pyridine rings is 1. The molecule has 0 radical (unpaired) electrons. The van der Waals surface area contributed by atoms with E-state index in [1.165, 1.54) is 0 Å². The van der Waals surface area contributed by atoms with E-state index in [0.29, 0.717) is 17.5 Å². The number of aliphatic hydroxyl groups excluding tert-OH is 1. The third kappa shape index (κ3) is 4.23. The van der Waals surface area contributed by atoms with Gasteiger partial charge < -0.3 is 10.0 Å². The van der Waals surface area contributed by atoms with Crippen molar-refractivity contribution >= 4 is 17.5 Å². The standard InChI is InChI=1S/C23H27ClN2O2/c24-22-14-16(19-3-1-11-25-15-19)5-6-17(22)13-18-4-2-12-26(23(18)28)20-7-9-21(27)10-8-20/h1,3,5-6,11,14-15,18,20-21,27H,2,4,7-10,12-13H2/t18?,20-,21+. The number of carbonyl (C=O) groups is 1. The molecule has 148 valence electrons. The number of rotatable bonds is 4. The summed E-state index contributed by atoms with van der Waals surface area (Å²) in [5, 5.41) is 10.5. The molecule has 2 fully saturated rings. The van der Waals surface area contributed by atoms with Crippen LogP contribution in [0.15, 0.2) is 42.7 Å². The van der Waals surface area contributed by atoms with Gasteiger partial charge in [0.1, 0.15) is 0 Å². The molecule has 1 aromatic carbocycles. The summed E-state index contributed by atoms with van der Waals surface area (Å²) in [4.78, 5) is 19.4. The number of amides is 1. The van der Waals surface area contributed by atoms with Crippen molar-refractivity contribution in [3.8, 4) is 11.1 Å². The highest BCUT2D eigenvalue weighted by Gasteiger charge is 2.35. The first-order valence-electron chi connectivity index (χ1n) is 10.3. The summed E-state index contributed by atoms with van der Waals surface area (Å²) < 4.78 is 0. The second-order valence-corrected chi connectivity index (χ2v) is 8.49. The third-order valence-corrected chi connectivity index (χ3v) is 6.56. The van der Waals surface area contributed by atoms with Gasteiger partial charge in [0.15, 0.2) is 0 Å². The van der Waals surface area contributed by atoms with E-state index in [1.54, 1.807) is 6.20 Å². The molecule has 0 spiro atoms. The van der Waals surface area contributed by atoms with Crippen LogP contribution in [0.25, 0.3) is 11.1 Å². The molecule has 1 saturated carbocycles. The molecule has 2 heterocycles. The number of nitrogens with zero attached hydrogens (tertiary/aromatic N) is 2. The van der Waals surface area contributed by atoms with Crippen LogP contribution in [0, 0.1) is 5.92 Å². The molecule has 4 nitrogen and oxygen atoms in total. The Hall–Kier alpha value is -1.91. The van der Waals surface area contributed by atoms with Crippen LogP contribution in [0.4, 0.5) is 0 Å². The van der Waals surface area contributed by atoms with Gasteiger partial charge in [-0.05, 0) is 68.2 Å². The second kappa shape index (κ2) is 8.62. The van der Waals surface area contributed by atoms with Crippen LogP contribution in [0.3, 0.4) is 0 Å². The fourth-order valence-electron chi connectivity index (χ4n) is 4.59. The number of benzene rings is 1. The van der Waals surface area contributed by atoms with Gasteiger partial charge in [0, 0.05) is 41.5 Å². The van der Waals surface area contributed by atoms with Crippen LogP contribution in [0.1, 0.15) is 44.1 Å². The smallest absolute Gasteiger partial charge is 0.226 e. The predicted molar refractivity (Wildman–Crippen MR) is 111 cm³/mol. The Morgan fingerprint density at radius 3 is 2.64 bits per heavy atom. The zero-order valence-corrected chi connectivity index (χ0v) is 16.8. The maximum absolute atomic E-state index is 13.1. The molecule has 1 unspecified atom stereocenters. The minimum Gasteiger partial charge on any atom is -0.393 e. The number of hydrogen-bond donors (Lipinski definition) is 1. The Kier molecular flexibility index (Phi) is 5.98. The lowest BCUT2D eigenvalue weighted by molar-refractivity contribution is -0.142. The molecule has 28 heavy (non-hydrogen) atoms. The lowest BCUT2D eigenvalue weighted by Crippen LogP contribution is -2.49. The summed E-state index contributed by atoms with van der Waals surface area (Å²) >= 11 is 6.57. The van der Waals surface area contributed by atoms with Crippen LogP contribution in [-0.4, -0.2) is 39.6 Å². The van der Waals surface area contributed by atoms with E-state index in [-0.39, 0.29) is 17.9 Å². The Morgan fingerprint density at radius 2 is 1.93 bits per heavy atom. The second-order valence-electron chi connectivity index (χ2n) is 8.09. The number of hydrogen-bond acceptors (Lipinski definition) is 3. The Labute approximate surface area is 171 Å². The number of aliphatic hydroxyl groups is 1. The Morgan fingerprint density at radius 1 is 1.11 bits per heavy atom. The molecule has 4 rings (SSSR count). The van der Waals surface area contributed by atoms with Gasteiger partial charge in [0.05, 0.1) is 6.10 Å². The lowest BCUT2D eigenvalue weighted by Gasteiger charge is -2.40. The Bertz CT molecular complexity index is 819. The monoisotopic (exact) mass is 398 g/mol. The summed E-state index contributed by atoms with van der Waals surface area (Å²) in [7, 11) is 0. The largest absolute Gasteiger partial charge is 0.393 e. The van der Waals surface area contributed by atoms with E-state index in [2.05, 4.69) is 16.0 Å². The molecule has 1 saturated heterocycles. The lowest BCUT2D eigenvalue weighted by atomic mass is 9.86. The average Bonchev–Trinajstić information content (AvgIpc) is 2.72. The van der Waals surface area contributed by atoms with Crippen molar-refractivity contribution in [2.45, 2.75) is 57.1 Å². The van der Waals surface area contributed by atoms with Crippen molar-refractivity contribution in [1.82, 2.24) is 9.88 Å². The van der Waals surface area contributed by atoms with Crippen LogP contribution in [-0.2, 0) is 11.2 Å². The van der Waals surface area contributed by atoms with Crippen LogP contribution >= 0.6 is 11.6 Å². The molecule has 2 aromatic rings. The molecule has 0 bridgehead atoms. The fraction of sp³-hybridized carbons (Fsp3) is 0.478. The van der Waals surface area contributed by atoms with Gasteiger partial charge in [-0.15, -0.1) is 0 Å². The molecule has 2 aliphatic rings. The third-order valence-electron chi connectivity index (χ3n) is 6.21. The average molecular weight is 399 g/mol. The number of halogens is 1. The molecule has 1 amide bonds. The minimum absolute atomic E-state index is 0.00217. The quantitative estimate of drug-likeness (QED) is 0.825. The van der Waals surface area contributed by atoms with Gasteiger partial charge in [-0.25, -0.2) is 0 Å². The van der Waals surface area contributed by atoms with Crippen molar-refractivity contribution in [3.05, 3.63) is 53.3 Å². The minimum atomic E-state index is -0.191. The summed E-state index contributed by atoms with van der Waals surface area (Å²) in [6, 6.07) is 10.3. The maximum atomic E-state index is 13.1. The molecule has 5 heteroatoms. The SMILES string of the molecule is O=C1C(Cc2ccc(-c3cccnc3)cc2Cl)CCCN1[C@H]1CC[C@@H](O)CC1. The molecule has 1 aromatic heterocycles. The first-order valence-corrected chi connectivity index (χ1v) is 10.7. The van der Waals surface area contributed by atoms with Gasteiger partial charge in [-0.3, -0.25) is 9.78 Å². The molecule has 1 aliphatic heterocycles. The van der Waals surface area contributed by atoms with Crippen molar-refractivity contribution in [2.75, 3.05) is 6.54 Å². The summed E-state index contributed by atoms with van der Waals surface area (Å²) in [5.41, 5.74) is 3.11. The van der Waals surface area contributed by atoms with Gasteiger partial charge >= 0.3 is 0 Å². The van der Waals surface area contributed by atoms with E-state index >= 15 is 0 Å². The predicted octanol–water partition coefficient (Wildman–Crippen LogP) is 4.49. The number of likely N-dealkylation sites (tertiary alicyclic amines) is 1. The molecular weight excluding hydrogens is 372 g/mol. The van der Waals surface area contributed by atoms with E-state index < -0.39 is 0 Å². The molecule has 1 atom stereocenters. The van der Waals surface area contributed by atoms with E-state index in [0.717, 1.165) is 61.8 Å². The number of aromatic nitrogens is 1. The Balaban J connectivity index is 1.45. The normalized spacial score (nSPS) is 25.7. The number of carbonyl (C=O) groups excluding carboxylic acids is 1. The van der Waals surface area contributed by atoms with Crippen molar-refractivity contribution in [2.24, 2.45) is 5.92 Å².